The summed E-state index contributed by atoms with van der Waals surface area (Å²) in [7, 11) is 0. The molecule has 35 heavy (non-hydrogen) atoms. The molecule has 0 fully saturated rings. The summed E-state index contributed by atoms with van der Waals surface area (Å²) in [6.07, 6.45) is 11.5. The van der Waals surface area contributed by atoms with E-state index in [9.17, 15) is 0 Å². The number of hydrogen-bond acceptors (Lipinski definition) is 4. The molecule has 0 radical (unpaired) electrons. The van der Waals surface area contributed by atoms with Crippen LogP contribution < -0.4 is 0 Å². The van der Waals surface area contributed by atoms with Gasteiger partial charge < -0.3 is 16.3 Å². The van der Waals surface area contributed by atoms with Crippen LogP contribution in [0.25, 0.3) is 10.6 Å². The van der Waals surface area contributed by atoms with Gasteiger partial charge in [0, 0.05) is 15.5 Å². The topological polar surface area (TPSA) is 60.5 Å². The highest BCUT2D eigenvalue weighted by Gasteiger charge is 2.24. The Hall–Kier alpha value is -1.92. The number of aromatic nitrogens is 1. The molecule has 0 saturated heterocycles. The highest BCUT2D eigenvalue weighted by atomic mass is 35.5. The number of nitrogens with zero attached hydrogens (tertiary/aromatic N) is 4. The van der Waals surface area contributed by atoms with E-state index in [1.807, 2.05) is 31.2 Å². The van der Waals surface area contributed by atoms with Gasteiger partial charge in [0.1, 0.15) is 5.01 Å². The van der Waals surface area contributed by atoms with Crippen LogP contribution >= 0.6 is 22.9 Å². The smallest absolute Gasteiger partial charge is 0.123 e. The van der Waals surface area contributed by atoms with Crippen molar-refractivity contribution in [1.82, 2.24) is 4.98 Å². The van der Waals surface area contributed by atoms with Gasteiger partial charge in [-0.15, -0.1) is 11.3 Å². The van der Waals surface area contributed by atoms with E-state index >= 15 is 0 Å². The number of hydrogen-bond donors (Lipinski definition) is 0. The van der Waals surface area contributed by atoms with Gasteiger partial charge in [0.2, 0.25) is 0 Å². The van der Waals surface area contributed by atoms with Crippen molar-refractivity contribution >= 4 is 22.9 Å². The van der Waals surface area contributed by atoms with Crippen molar-refractivity contribution in [1.29, 1.82) is 10.5 Å². The van der Waals surface area contributed by atoms with Gasteiger partial charge in [-0.05, 0) is 44.7 Å². The second-order valence-electron chi connectivity index (χ2n) is 9.02. The normalized spacial score (nSPS) is 10.5. The molecule has 0 bridgehead atoms. The van der Waals surface area contributed by atoms with Gasteiger partial charge in [-0.1, -0.05) is 77.1 Å². The highest BCUT2D eigenvalue weighted by molar-refractivity contribution is 7.15. The van der Waals surface area contributed by atoms with E-state index in [2.05, 4.69) is 38.7 Å². The van der Waals surface area contributed by atoms with E-state index in [0.717, 1.165) is 21.1 Å². The van der Waals surface area contributed by atoms with Crippen LogP contribution in [0.3, 0.4) is 0 Å². The summed E-state index contributed by atoms with van der Waals surface area (Å²) in [6.45, 7) is 21.7. The van der Waals surface area contributed by atoms with Crippen LogP contribution in [0.5, 0.6) is 0 Å². The van der Waals surface area contributed by atoms with Gasteiger partial charge in [0.05, 0.1) is 44.4 Å². The Kier molecular flexibility index (Phi) is 19.2. The number of aryl methyl sites for hydroxylation is 1. The van der Waals surface area contributed by atoms with Crippen LogP contribution in [0.1, 0.15) is 89.6 Å². The minimum absolute atomic E-state index is 0.428. The molecule has 6 heteroatoms. The fourth-order valence-corrected chi connectivity index (χ4v) is 5.15. The zero-order valence-electron chi connectivity index (χ0n) is 22.6. The molecular formula is C29H45ClN4S. The summed E-state index contributed by atoms with van der Waals surface area (Å²) in [6, 6.07) is 9.72. The molecule has 0 spiro atoms. The Morgan fingerprint density at radius 3 is 1.66 bits per heavy atom. The molecule has 0 aliphatic heterocycles. The number of nitriles is 1. The zero-order valence-corrected chi connectivity index (χ0v) is 24.1. The lowest BCUT2D eigenvalue weighted by Crippen LogP contribution is -2.50. The first-order valence-corrected chi connectivity index (χ1v) is 14.3. The van der Waals surface area contributed by atoms with E-state index in [4.69, 9.17) is 28.7 Å². The number of quaternary nitrogens is 1. The molecule has 194 valence electrons. The monoisotopic (exact) mass is 516 g/mol. The molecule has 0 atom stereocenters. The van der Waals surface area contributed by atoms with Crippen LogP contribution in [-0.2, 0) is 6.42 Å². The third-order valence-electron chi connectivity index (χ3n) is 6.17. The predicted molar refractivity (Wildman–Crippen MR) is 151 cm³/mol. The van der Waals surface area contributed by atoms with Gasteiger partial charge in [-0.25, -0.2) is 4.98 Å². The number of benzene rings is 1. The number of rotatable bonds is 14. The first-order valence-electron chi connectivity index (χ1n) is 13.1. The summed E-state index contributed by atoms with van der Waals surface area (Å²) in [5, 5.41) is 16.6. The van der Waals surface area contributed by atoms with Crippen molar-refractivity contribution in [3.63, 3.8) is 0 Å². The van der Waals surface area contributed by atoms with E-state index in [-0.39, 0.29) is 0 Å². The Balaban J connectivity index is 0.000000617. The average Bonchev–Trinajstić information content (AvgIpc) is 3.25. The van der Waals surface area contributed by atoms with Gasteiger partial charge in [0.25, 0.3) is 0 Å². The molecule has 0 amide bonds. The average molecular weight is 517 g/mol. The van der Waals surface area contributed by atoms with Crippen molar-refractivity contribution in [2.75, 3.05) is 26.2 Å². The molecule has 2 aromatic rings. The molecule has 0 unspecified atom stereocenters. The van der Waals surface area contributed by atoms with Crippen molar-refractivity contribution in [3.8, 4) is 16.6 Å². The minimum atomic E-state index is 0.428. The van der Waals surface area contributed by atoms with Crippen LogP contribution in [0.15, 0.2) is 24.3 Å². The van der Waals surface area contributed by atoms with E-state index in [1.54, 1.807) is 11.3 Å². The second kappa shape index (κ2) is 20.3. The third-order valence-corrected chi connectivity index (χ3v) is 7.63. The van der Waals surface area contributed by atoms with Gasteiger partial charge in [0.15, 0.2) is 0 Å². The summed E-state index contributed by atoms with van der Waals surface area (Å²) >= 11 is 7.39. The standard InChI is InChI=1S/C16H36N.C12H9ClN2S.CN/c1-5-9-13-17(14-10-6-2,15-11-7-3)16-12-8-4;1-8-11(6-7-14)16-12(15-8)9-2-4-10(13)5-3-9;1-2/h5-16H2,1-4H3;2-5H,6H2,1H3;/q+1;;-1. The molecule has 1 heterocycles. The molecule has 0 saturated carbocycles. The van der Waals surface area contributed by atoms with Crippen LogP contribution in [0.2, 0.25) is 5.02 Å². The second-order valence-corrected chi connectivity index (χ2v) is 10.5. The first-order chi connectivity index (χ1) is 16.9. The Morgan fingerprint density at radius 1 is 0.857 bits per heavy atom. The quantitative estimate of drug-likeness (QED) is 0.186. The fourth-order valence-electron chi connectivity index (χ4n) is 4.02. The molecule has 0 aliphatic carbocycles. The van der Waals surface area contributed by atoms with Gasteiger partial charge in [-0.3, -0.25) is 0 Å². The first kappa shape index (κ1) is 33.1. The van der Waals surface area contributed by atoms with Crippen LogP contribution in [-0.4, -0.2) is 35.6 Å². The van der Waals surface area contributed by atoms with Crippen molar-refractivity contribution in [2.24, 2.45) is 0 Å². The maximum atomic E-state index is 8.67. The summed E-state index contributed by atoms with van der Waals surface area (Å²) in [5.41, 5.74) is 1.98. The fraction of sp³-hybridized carbons (Fsp3) is 0.621. The van der Waals surface area contributed by atoms with Crippen LogP contribution in [0.4, 0.5) is 0 Å². The summed E-state index contributed by atoms with van der Waals surface area (Å²) in [4.78, 5) is 5.49. The Bertz CT molecular complexity index is 814. The lowest BCUT2D eigenvalue weighted by molar-refractivity contribution is -0.929. The molecule has 1 aromatic heterocycles. The molecule has 1 aromatic carbocycles. The lowest BCUT2D eigenvalue weighted by atomic mass is 10.1. The number of unbranched alkanes of at least 4 members (excludes halogenated alkanes) is 4. The third kappa shape index (κ3) is 13.1. The molecular weight excluding hydrogens is 472 g/mol. The van der Waals surface area contributed by atoms with Crippen molar-refractivity contribution in [2.45, 2.75) is 92.4 Å². The van der Waals surface area contributed by atoms with Crippen LogP contribution in [0, 0.1) is 30.1 Å². The maximum Gasteiger partial charge on any atom is 0.123 e. The predicted octanol–water partition coefficient (Wildman–Crippen LogP) is 8.94. The van der Waals surface area contributed by atoms with Crippen molar-refractivity contribution < 1.29 is 4.48 Å². The largest absolute Gasteiger partial charge is 0.512 e. The minimum Gasteiger partial charge on any atom is -0.512 e. The van der Waals surface area contributed by atoms with Crippen molar-refractivity contribution in [3.05, 3.63) is 46.4 Å². The van der Waals surface area contributed by atoms with Gasteiger partial charge >= 0.3 is 0 Å². The Morgan fingerprint density at radius 2 is 1.29 bits per heavy atom. The Labute approximate surface area is 224 Å². The summed E-state index contributed by atoms with van der Waals surface area (Å²) in [5.74, 6) is 0. The molecule has 4 nitrogen and oxygen atoms in total. The van der Waals surface area contributed by atoms with E-state index in [0.29, 0.717) is 11.4 Å². The molecule has 0 N–H and O–H groups in total. The molecule has 0 aliphatic rings. The highest BCUT2D eigenvalue weighted by Crippen LogP contribution is 2.28. The maximum absolute atomic E-state index is 8.67. The summed E-state index contributed by atoms with van der Waals surface area (Å²) < 4.78 is 1.42. The number of thiazole rings is 1. The SMILES string of the molecule is CCCC[N+](CCCC)(CCCC)CCCC.Cc1nc(-c2ccc(Cl)cc2)sc1CC#N.[C-]#N. The zero-order chi connectivity index (χ0) is 26.5. The molecule has 2 rings (SSSR count). The van der Waals surface area contributed by atoms with Gasteiger partial charge in [-0.2, -0.15) is 5.26 Å². The lowest BCUT2D eigenvalue weighted by Gasteiger charge is -2.39. The van der Waals surface area contributed by atoms with E-state index < -0.39 is 0 Å². The van der Waals surface area contributed by atoms with E-state index in [1.165, 1.54) is 82.0 Å². The number of halogens is 1.